The quantitative estimate of drug-likeness (QED) is 0.628. The second kappa shape index (κ2) is 8.50. The van der Waals surface area contributed by atoms with Crippen LogP contribution in [0.3, 0.4) is 0 Å². The van der Waals surface area contributed by atoms with E-state index < -0.39 is 0 Å². The maximum absolute atomic E-state index is 13.0. The number of piperazine rings is 1. The zero-order valence-corrected chi connectivity index (χ0v) is 18.4. The number of likely N-dealkylation sites (N-methyl/N-ethyl adjacent to an activating group) is 1. The molecule has 6 nitrogen and oxygen atoms in total. The molecular weight excluding hydrogens is 476 g/mol. The molecular formula is C19H22Br2N4O2. The minimum atomic E-state index is -0.255. The number of ether oxygens (including phenoxy) is 1. The van der Waals surface area contributed by atoms with Crippen molar-refractivity contribution >= 4 is 54.8 Å². The molecule has 0 aromatic heterocycles. The van der Waals surface area contributed by atoms with E-state index in [0.717, 1.165) is 36.3 Å². The van der Waals surface area contributed by atoms with Gasteiger partial charge in [-0.1, -0.05) is 15.9 Å². The maximum Gasteiger partial charge on any atom is 0.259 e. The highest BCUT2D eigenvalue weighted by molar-refractivity contribution is 9.11. The highest BCUT2D eigenvalue weighted by atomic mass is 79.9. The third-order valence-electron chi connectivity index (χ3n) is 4.57. The fraction of sp³-hybridized carbons (Fsp3) is 0.316. The van der Waals surface area contributed by atoms with Crippen LogP contribution in [0.4, 0.5) is 17.1 Å². The summed E-state index contributed by atoms with van der Waals surface area (Å²) in [7, 11) is 3.65. The number of benzene rings is 2. The lowest BCUT2D eigenvalue weighted by Gasteiger charge is -2.35. The Kier molecular flexibility index (Phi) is 6.29. The Morgan fingerprint density at radius 2 is 1.85 bits per heavy atom. The van der Waals surface area contributed by atoms with Crippen LogP contribution in [0.1, 0.15) is 10.4 Å². The fourth-order valence-corrected chi connectivity index (χ4v) is 4.49. The van der Waals surface area contributed by atoms with Crippen LogP contribution in [0, 0.1) is 0 Å². The predicted octanol–water partition coefficient (Wildman–Crippen LogP) is 3.81. The number of anilines is 3. The Morgan fingerprint density at radius 1 is 1.15 bits per heavy atom. The van der Waals surface area contributed by atoms with Crippen molar-refractivity contribution in [3.63, 3.8) is 0 Å². The topological polar surface area (TPSA) is 70.8 Å². The van der Waals surface area contributed by atoms with Crippen LogP contribution in [0.25, 0.3) is 0 Å². The number of amides is 1. The van der Waals surface area contributed by atoms with E-state index in [1.54, 1.807) is 19.2 Å². The number of hydrogen-bond acceptors (Lipinski definition) is 5. The van der Waals surface area contributed by atoms with Crippen molar-refractivity contribution < 1.29 is 9.53 Å². The number of carbonyl (C=O) groups excluding carboxylic acids is 1. The minimum absolute atomic E-state index is 0.255. The summed E-state index contributed by atoms with van der Waals surface area (Å²) in [6, 6.07) is 9.20. The van der Waals surface area contributed by atoms with E-state index in [9.17, 15) is 4.79 Å². The third kappa shape index (κ3) is 4.56. The van der Waals surface area contributed by atoms with E-state index in [2.05, 4.69) is 54.0 Å². The molecule has 0 bridgehead atoms. The Bertz CT molecular complexity index is 852. The molecule has 2 aromatic rings. The Labute approximate surface area is 175 Å². The molecule has 1 amide bonds. The molecule has 0 radical (unpaired) electrons. The molecule has 0 atom stereocenters. The molecule has 3 rings (SSSR count). The molecule has 8 heteroatoms. The normalized spacial score (nSPS) is 14.9. The van der Waals surface area contributed by atoms with Crippen LogP contribution in [0.5, 0.6) is 5.75 Å². The van der Waals surface area contributed by atoms with E-state index in [-0.39, 0.29) is 5.91 Å². The number of carbonyl (C=O) groups is 1. The first kappa shape index (κ1) is 20.0. The average Bonchev–Trinajstić information content (AvgIpc) is 2.62. The van der Waals surface area contributed by atoms with Crippen LogP contribution in [0.2, 0.25) is 0 Å². The van der Waals surface area contributed by atoms with Gasteiger partial charge in [-0.05, 0) is 53.3 Å². The number of hydrogen-bond donors (Lipinski definition) is 2. The number of halogens is 2. The summed E-state index contributed by atoms with van der Waals surface area (Å²) in [5, 5.41) is 3.01. The van der Waals surface area contributed by atoms with Gasteiger partial charge in [0.05, 0.1) is 28.5 Å². The Morgan fingerprint density at radius 3 is 2.52 bits per heavy atom. The molecule has 2 aromatic carbocycles. The van der Waals surface area contributed by atoms with Crippen molar-refractivity contribution in [2.75, 3.05) is 56.3 Å². The molecule has 27 heavy (non-hydrogen) atoms. The first-order valence-corrected chi connectivity index (χ1v) is 10.1. The van der Waals surface area contributed by atoms with E-state index >= 15 is 0 Å². The van der Waals surface area contributed by atoms with E-state index in [4.69, 9.17) is 10.5 Å². The van der Waals surface area contributed by atoms with Crippen molar-refractivity contribution in [2.45, 2.75) is 0 Å². The lowest BCUT2D eigenvalue weighted by Crippen LogP contribution is -2.44. The summed E-state index contributed by atoms with van der Waals surface area (Å²) in [5.74, 6) is 0.232. The summed E-state index contributed by atoms with van der Waals surface area (Å²) in [5.41, 5.74) is 8.69. The minimum Gasteiger partial charge on any atom is -0.495 e. The number of nitrogens with two attached hydrogens (primary N) is 1. The molecule has 1 aliphatic heterocycles. The SMILES string of the molecule is COc1c(Br)cc(Br)cc1C(=O)Nc1cc(N)ccc1N1CCN(C)CC1. The maximum atomic E-state index is 13.0. The van der Waals surface area contributed by atoms with Gasteiger partial charge >= 0.3 is 0 Å². The second-order valence-corrected chi connectivity index (χ2v) is 8.26. The van der Waals surface area contributed by atoms with Crippen molar-refractivity contribution in [3.05, 3.63) is 44.8 Å². The van der Waals surface area contributed by atoms with Crippen molar-refractivity contribution in [2.24, 2.45) is 0 Å². The van der Waals surface area contributed by atoms with Gasteiger partial charge in [-0.15, -0.1) is 0 Å². The first-order chi connectivity index (χ1) is 12.9. The number of nitrogens with zero attached hydrogens (tertiary/aromatic N) is 2. The monoisotopic (exact) mass is 496 g/mol. The molecule has 0 saturated carbocycles. The van der Waals surface area contributed by atoms with Gasteiger partial charge in [0, 0.05) is 36.3 Å². The van der Waals surface area contributed by atoms with Gasteiger partial charge in [-0.2, -0.15) is 0 Å². The molecule has 0 aliphatic carbocycles. The van der Waals surface area contributed by atoms with Crippen LogP contribution in [-0.4, -0.2) is 51.1 Å². The summed E-state index contributed by atoms with van der Waals surface area (Å²) in [4.78, 5) is 17.6. The molecule has 144 valence electrons. The third-order valence-corrected chi connectivity index (χ3v) is 5.62. The fourth-order valence-electron chi connectivity index (χ4n) is 3.10. The van der Waals surface area contributed by atoms with Gasteiger partial charge in [0.2, 0.25) is 0 Å². The van der Waals surface area contributed by atoms with Crippen LogP contribution in [-0.2, 0) is 0 Å². The highest BCUT2D eigenvalue weighted by Crippen LogP contribution is 2.35. The van der Waals surface area contributed by atoms with E-state index in [1.165, 1.54) is 0 Å². The van der Waals surface area contributed by atoms with Crippen molar-refractivity contribution in [3.8, 4) is 5.75 Å². The van der Waals surface area contributed by atoms with E-state index in [1.807, 2.05) is 18.2 Å². The zero-order valence-electron chi connectivity index (χ0n) is 15.3. The molecule has 0 spiro atoms. The lowest BCUT2D eigenvalue weighted by molar-refractivity contribution is 0.102. The Balaban J connectivity index is 1.92. The standard InChI is InChI=1S/C19H22Br2N4O2/c1-24-5-7-25(8-6-24)17-4-3-13(22)11-16(17)23-19(26)14-9-12(20)10-15(21)18(14)27-2/h3-4,9-11H,5-8,22H2,1-2H3,(H,23,26). The van der Waals surface area contributed by atoms with Gasteiger partial charge in [-0.25, -0.2) is 0 Å². The van der Waals surface area contributed by atoms with Gasteiger partial charge in [0.1, 0.15) is 5.75 Å². The summed E-state index contributed by atoms with van der Waals surface area (Å²) < 4.78 is 6.89. The van der Waals surface area contributed by atoms with Crippen molar-refractivity contribution in [1.29, 1.82) is 0 Å². The molecule has 1 fully saturated rings. The van der Waals surface area contributed by atoms with Gasteiger partial charge in [0.15, 0.2) is 0 Å². The zero-order chi connectivity index (χ0) is 19.6. The first-order valence-electron chi connectivity index (χ1n) is 8.56. The lowest BCUT2D eigenvalue weighted by atomic mass is 10.1. The number of methoxy groups -OCH3 is 1. The van der Waals surface area contributed by atoms with Gasteiger partial charge in [-0.3, -0.25) is 4.79 Å². The van der Waals surface area contributed by atoms with Crippen LogP contribution < -0.4 is 20.7 Å². The molecule has 0 unspecified atom stereocenters. The number of rotatable bonds is 4. The molecule has 1 aliphatic rings. The van der Waals surface area contributed by atoms with Gasteiger partial charge < -0.3 is 25.6 Å². The molecule has 1 saturated heterocycles. The van der Waals surface area contributed by atoms with Crippen LogP contribution >= 0.6 is 31.9 Å². The number of nitrogen functional groups attached to an aromatic ring is 1. The largest absolute Gasteiger partial charge is 0.495 e. The average molecular weight is 498 g/mol. The van der Waals surface area contributed by atoms with Crippen molar-refractivity contribution in [1.82, 2.24) is 4.90 Å². The summed E-state index contributed by atoms with van der Waals surface area (Å²) >= 11 is 6.86. The number of nitrogens with one attached hydrogen (secondary N) is 1. The summed E-state index contributed by atoms with van der Waals surface area (Å²) in [6.07, 6.45) is 0. The van der Waals surface area contributed by atoms with E-state index in [0.29, 0.717) is 27.2 Å². The van der Waals surface area contributed by atoms with Crippen LogP contribution in [0.15, 0.2) is 39.3 Å². The smallest absolute Gasteiger partial charge is 0.259 e. The highest BCUT2D eigenvalue weighted by Gasteiger charge is 2.21. The second-order valence-electron chi connectivity index (χ2n) is 6.49. The molecule has 1 heterocycles. The predicted molar refractivity (Wildman–Crippen MR) is 117 cm³/mol. The molecule has 3 N–H and O–H groups in total. The van der Waals surface area contributed by atoms with Gasteiger partial charge in [0.25, 0.3) is 5.91 Å². The summed E-state index contributed by atoms with van der Waals surface area (Å²) in [6.45, 7) is 3.75. The Hall–Kier alpha value is -1.77.